The number of nitrogens with zero attached hydrogens (tertiary/aromatic N) is 5. The lowest BCUT2D eigenvalue weighted by Crippen LogP contribution is -2.05. The second-order valence-corrected chi connectivity index (χ2v) is 3.43. The minimum Gasteiger partial charge on any atom is -0.384 e. The Labute approximate surface area is 97.9 Å². The van der Waals surface area contributed by atoms with Gasteiger partial charge in [0.2, 0.25) is 0 Å². The number of aromatic nitrogens is 4. The molecular formula is C10H11N7. The molecule has 0 aromatic carbocycles. The van der Waals surface area contributed by atoms with Gasteiger partial charge in [-0.3, -0.25) is 4.68 Å². The number of nitrogen functional groups attached to an aromatic ring is 1. The van der Waals surface area contributed by atoms with Gasteiger partial charge in [-0.2, -0.15) is 10.4 Å². The van der Waals surface area contributed by atoms with E-state index in [2.05, 4.69) is 20.4 Å². The van der Waals surface area contributed by atoms with Crippen molar-refractivity contribution in [1.29, 1.82) is 5.26 Å². The van der Waals surface area contributed by atoms with Gasteiger partial charge in [0.15, 0.2) is 5.69 Å². The Morgan fingerprint density at radius 1 is 1.41 bits per heavy atom. The molecule has 0 atom stereocenters. The molecule has 0 spiro atoms. The third-order valence-electron chi connectivity index (χ3n) is 2.29. The summed E-state index contributed by atoms with van der Waals surface area (Å²) in [6, 6.07) is 1.91. The highest BCUT2D eigenvalue weighted by atomic mass is 15.3. The summed E-state index contributed by atoms with van der Waals surface area (Å²) in [7, 11) is 1.78. The topological polar surface area (TPSA) is 105 Å². The largest absolute Gasteiger partial charge is 0.384 e. The van der Waals surface area contributed by atoms with Crippen molar-refractivity contribution < 1.29 is 0 Å². The maximum atomic E-state index is 8.58. The highest BCUT2D eigenvalue weighted by Crippen LogP contribution is 2.11. The zero-order valence-electron chi connectivity index (χ0n) is 9.25. The Morgan fingerprint density at radius 3 is 2.76 bits per heavy atom. The van der Waals surface area contributed by atoms with Crippen molar-refractivity contribution in [3.8, 4) is 6.07 Å². The first-order valence-electron chi connectivity index (χ1n) is 4.93. The van der Waals surface area contributed by atoms with Crippen LogP contribution >= 0.6 is 0 Å². The van der Waals surface area contributed by atoms with E-state index in [0.717, 1.165) is 5.56 Å². The average molecular weight is 229 g/mol. The number of nitriles is 1. The van der Waals surface area contributed by atoms with Crippen molar-refractivity contribution in [3.63, 3.8) is 0 Å². The van der Waals surface area contributed by atoms with Crippen LogP contribution in [0.4, 0.5) is 11.6 Å². The molecule has 0 aliphatic rings. The summed E-state index contributed by atoms with van der Waals surface area (Å²) in [5, 5.41) is 15.7. The average Bonchev–Trinajstić information content (AvgIpc) is 2.68. The van der Waals surface area contributed by atoms with Crippen LogP contribution in [0, 0.1) is 11.3 Å². The van der Waals surface area contributed by atoms with Gasteiger partial charge in [0, 0.05) is 19.2 Å². The molecule has 2 rings (SSSR count). The van der Waals surface area contributed by atoms with Crippen LogP contribution in [0.25, 0.3) is 0 Å². The van der Waals surface area contributed by atoms with E-state index in [1.165, 1.54) is 12.4 Å². The Bertz CT molecular complexity index is 549. The molecule has 17 heavy (non-hydrogen) atoms. The van der Waals surface area contributed by atoms with Crippen LogP contribution in [0.1, 0.15) is 11.3 Å². The summed E-state index contributed by atoms with van der Waals surface area (Å²) in [4.78, 5) is 7.94. The number of nitrogens with one attached hydrogen (secondary N) is 1. The van der Waals surface area contributed by atoms with E-state index < -0.39 is 0 Å². The van der Waals surface area contributed by atoms with E-state index in [-0.39, 0.29) is 5.69 Å². The Kier molecular flexibility index (Phi) is 2.87. The van der Waals surface area contributed by atoms with Crippen molar-refractivity contribution in [3.05, 3.63) is 29.8 Å². The molecule has 0 aliphatic carbocycles. The van der Waals surface area contributed by atoms with Crippen molar-refractivity contribution in [1.82, 2.24) is 19.7 Å². The molecule has 0 unspecified atom stereocenters. The molecule has 2 aromatic rings. The molecule has 0 saturated carbocycles. The second-order valence-electron chi connectivity index (χ2n) is 3.43. The molecule has 86 valence electrons. The summed E-state index contributed by atoms with van der Waals surface area (Å²) in [6.45, 7) is 0.514. The van der Waals surface area contributed by atoms with Gasteiger partial charge in [-0.05, 0) is 0 Å². The fraction of sp³-hybridized carbons (Fsp3) is 0.200. The minimum absolute atomic E-state index is 0.288. The fourth-order valence-electron chi connectivity index (χ4n) is 1.29. The normalized spacial score (nSPS) is 9.88. The van der Waals surface area contributed by atoms with Crippen LogP contribution in [0.3, 0.4) is 0 Å². The van der Waals surface area contributed by atoms with Crippen LogP contribution in [-0.4, -0.2) is 19.7 Å². The first kappa shape index (κ1) is 10.9. The van der Waals surface area contributed by atoms with Crippen molar-refractivity contribution in [2.45, 2.75) is 6.54 Å². The van der Waals surface area contributed by atoms with E-state index in [1.54, 1.807) is 17.9 Å². The van der Waals surface area contributed by atoms with Crippen LogP contribution < -0.4 is 11.1 Å². The number of hydrogen-bond donors (Lipinski definition) is 2. The van der Waals surface area contributed by atoms with Gasteiger partial charge >= 0.3 is 0 Å². The van der Waals surface area contributed by atoms with Crippen molar-refractivity contribution >= 4 is 11.6 Å². The van der Waals surface area contributed by atoms with E-state index >= 15 is 0 Å². The molecule has 0 bridgehead atoms. The van der Waals surface area contributed by atoms with Crippen LogP contribution in [0.15, 0.2) is 18.6 Å². The number of rotatable bonds is 3. The smallest absolute Gasteiger partial charge is 0.158 e. The number of anilines is 2. The first-order chi connectivity index (χ1) is 8.20. The third kappa shape index (κ3) is 2.31. The molecule has 0 radical (unpaired) electrons. The second kappa shape index (κ2) is 4.49. The molecule has 2 aromatic heterocycles. The first-order valence-corrected chi connectivity index (χ1v) is 4.93. The summed E-state index contributed by atoms with van der Waals surface area (Å²) in [6.07, 6.45) is 4.61. The summed E-state index contributed by atoms with van der Waals surface area (Å²) in [5.41, 5.74) is 6.97. The van der Waals surface area contributed by atoms with E-state index in [1.807, 2.05) is 6.07 Å². The van der Waals surface area contributed by atoms with Crippen LogP contribution in [-0.2, 0) is 13.6 Å². The van der Waals surface area contributed by atoms with E-state index in [0.29, 0.717) is 18.2 Å². The molecule has 0 fully saturated rings. The fourth-order valence-corrected chi connectivity index (χ4v) is 1.29. The van der Waals surface area contributed by atoms with Gasteiger partial charge in [-0.25, -0.2) is 9.97 Å². The SMILES string of the molecule is Cn1ncc(CNc2cnc(C#N)cn2)c1N. The molecule has 7 nitrogen and oxygen atoms in total. The van der Waals surface area contributed by atoms with Crippen molar-refractivity contribution in [2.24, 2.45) is 7.05 Å². The lowest BCUT2D eigenvalue weighted by molar-refractivity contribution is 0.778. The van der Waals surface area contributed by atoms with Gasteiger partial charge < -0.3 is 11.1 Å². The summed E-state index contributed by atoms with van der Waals surface area (Å²) in [5.74, 6) is 1.20. The van der Waals surface area contributed by atoms with Crippen molar-refractivity contribution in [2.75, 3.05) is 11.1 Å². The van der Waals surface area contributed by atoms with Crippen LogP contribution in [0.5, 0.6) is 0 Å². The molecule has 3 N–H and O–H groups in total. The maximum Gasteiger partial charge on any atom is 0.158 e. The highest BCUT2D eigenvalue weighted by molar-refractivity contribution is 5.42. The quantitative estimate of drug-likeness (QED) is 0.782. The summed E-state index contributed by atoms with van der Waals surface area (Å²) < 4.78 is 1.60. The predicted octanol–water partition coefficient (Wildman–Crippen LogP) is 0.276. The molecule has 2 heterocycles. The third-order valence-corrected chi connectivity index (χ3v) is 2.29. The van der Waals surface area contributed by atoms with Gasteiger partial charge in [-0.15, -0.1) is 0 Å². The Balaban J connectivity index is 2.03. The molecule has 0 amide bonds. The van der Waals surface area contributed by atoms with Gasteiger partial charge in [0.05, 0.1) is 18.6 Å². The van der Waals surface area contributed by atoms with E-state index in [4.69, 9.17) is 11.0 Å². The zero-order chi connectivity index (χ0) is 12.3. The Morgan fingerprint density at radius 2 is 2.24 bits per heavy atom. The number of hydrogen-bond acceptors (Lipinski definition) is 6. The lowest BCUT2D eigenvalue weighted by atomic mass is 10.3. The van der Waals surface area contributed by atoms with E-state index in [9.17, 15) is 0 Å². The van der Waals surface area contributed by atoms with Gasteiger partial charge in [0.25, 0.3) is 0 Å². The predicted molar refractivity (Wildman–Crippen MR) is 61.7 cm³/mol. The minimum atomic E-state index is 0.288. The van der Waals surface area contributed by atoms with Gasteiger partial charge in [-0.1, -0.05) is 0 Å². The number of aryl methyl sites for hydroxylation is 1. The van der Waals surface area contributed by atoms with Gasteiger partial charge in [0.1, 0.15) is 17.7 Å². The maximum absolute atomic E-state index is 8.58. The summed E-state index contributed by atoms with van der Waals surface area (Å²) >= 11 is 0. The zero-order valence-corrected chi connectivity index (χ0v) is 9.25. The Hall–Kier alpha value is -2.62. The standard InChI is InChI=1S/C10H11N7/c1-17-10(12)7(4-16-17)3-14-9-6-13-8(2-11)5-15-9/h4-6H,3,12H2,1H3,(H,14,15). The highest BCUT2D eigenvalue weighted by Gasteiger charge is 2.04. The molecule has 0 aliphatic heterocycles. The number of nitrogens with two attached hydrogens (primary N) is 1. The molecular weight excluding hydrogens is 218 g/mol. The molecule has 0 saturated heterocycles. The monoisotopic (exact) mass is 229 g/mol. The van der Waals surface area contributed by atoms with Crippen LogP contribution in [0.2, 0.25) is 0 Å². The molecule has 7 heteroatoms. The lowest BCUT2D eigenvalue weighted by Gasteiger charge is -2.04.